The maximum atomic E-state index is 4.88. The first-order chi connectivity index (χ1) is 13.4. The monoisotopic (exact) mass is 363 g/mol. The molecule has 3 aromatic carbocycles. The Hall–Kier alpha value is -2.87. The molecule has 4 rings (SSSR count). The Balaban J connectivity index is 1.82. The lowest BCUT2D eigenvalue weighted by Gasteiger charge is -2.13. The molecule has 0 unspecified atom stereocenters. The van der Waals surface area contributed by atoms with Crippen molar-refractivity contribution < 1.29 is 0 Å². The number of fused-ring (bicyclic) bond motifs is 1. The summed E-state index contributed by atoms with van der Waals surface area (Å²) in [5.74, 6) is 0.526. The largest absolute Gasteiger partial charge is 0.263 e. The van der Waals surface area contributed by atoms with E-state index in [1.165, 1.54) is 44.2 Å². The summed E-state index contributed by atoms with van der Waals surface area (Å²) in [5.41, 5.74) is 9.88. The van der Waals surface area contributed by atoms with Crippen LogP contribution in [0.15, 0.2) is 66.7 Å². The number of nitrogens with zero attached hydrogens (tertiary/aromatic N) is 1. The number of rotatable bonds is 3. The van der Waals surface area contributed by atoms with Crippen molar-refractivity contribution in [1.82, 2.24) is 4.98 Å². The van der Waals surface area contributed by atoms with Crippen LogP contribution in [0.25, 0.3) is 33.2 Å². The van der Waals surface area contributed by atoms with Gasteiger partial charge in [-0.2, -0.15) is 0 Å². The van der Waals surface area contributed by atoms with Gasteiger partial charge in [0.1, 0.15) is 0 Å². The van der Waals surface area contributed by atoms with Gasteiger partial charge in [0.2, 0.25) is 0 Å². The molecule has 1 aromatic heterocycles. The molecule has 0 saturated carbocycles. The molecule has 0 N–H and O–H groups in total. The van der Waals surface area contributed by atoms with Gasteiger partial charge in [0.25, 0.3) is 0 Å². The van der Waals surface area contributed by atoms with E-state index < -0.39 is 0 Å². The molecule has 0 aliphatic carbocycles. The summed E-state index contributed by atoms with van der Waals surface area (Å²) in [4.78, 5) is 4.88. The number of aryl methyl sites for hydroxylation is 2. The van der Waals surface area contributed by atoms with E-state index in [9.17, 15) is 0 Å². The second-order valence-electron chi connectivity index (χ2n) is 8.09. The van der Waals surface area contributed by atoms with E-state index in [4.69, 9.17) is 4.98 Å². The molecule has 2 heteroatoms. The van der Waals surface area contributed by atoms with Crippen LogP contribution in [0.5, 0.6) is 0 Å². The highest BCUT2D eigenvalue weighted by Gasteiger charge is 2.10. The van der Waals surface area contributed by atoms with Crippen molar-refractivity contribution in [2.45, 2.75) is 33.6 Å². The van der Waals surface area contributed by atoms with E-state index in [2.05, 4.69) is 102 Å². The third kappa shape index (κ3) is 3.35. The summed E-state index contributed by atoms with van der Waals surface area (Å²) >= 11 is 0. The van der Waals surface area contributed by atoms with Crippen molar-refractivity contribution in [3.8, 4) is 22.4 Å². The Kier molecular flexibility index (Phi) is 4.81. The summed E-state index contributed by atoms with van der Waals surface area (Å²) in [6, 6.07) is 24.3. The van der Waals surface area contributed by atoms with E-state index in [1.54, 1.807) is 0 Å². The van der Waals surface area contributed by atoms with Gasteiger partial charge in [-0.15, -0.1) is 0 Å². The molecule has 1 heterocycles. The molecule has 0 atom stereocenters. The third-order valence-electron chi connectivity index (χ3n) is 5.58. The van der Waals surface area contributed by atoms with Gasteiger partial charge in [0.15, 0.2) is 7.85 Å². The van der Waals surface area contributed by atoms with Crippen molar-refractivity contribution >= 4 is 24.2 Å². The molecule has 28 heavy (non-hydrogen) atoms. The Labute approximate surface area is 168 Å². The Morgan fingerprint density at radius 2 is 1.43 bits per heavy atom. The highest BCUT2D eigenvalue weighted by molar-refractivity contribution is 6.32. The minimum atomic E-state index is 0.526. The fourth-order valence-electron chi connectivity index (χ4n) is 4.05. The van der Waals surface area contributed by atoms with Crippen molar-refractivity contribution in [2.24, 2.45) is 0 Å². The lowest BCUT2D eigenvalue weighted by Crippen LogP contribution is -2.09. The molecule has 0 spiro atoms. The molecule has 0 aliphatic heterocycles. The maximum absolute atomic E-state index is 4.88. The van der Waals surface area contributed by atoms with E-state index >= 15 is 0 Å². The second-order valence-corrected chi connectivity index (χ2v) is 8.09. The van der Waals surface area contributed by atoms with E-state index in [-0.39, 0.29) is 0 Å². The molecule has 0 bridgehead atoms. The smallest absolute Gasteiger partial charge is 0.163 e. The zero-order chi connectivity index (χ0) is 19.8. The topological polar surface area (TPSA) is 12.9 Å². The van der Waals surface area contributed by atoms with Crippen LogP contribution < -0.4 is 5.59 Å². The van der Waals surface area contributed by atoms with Gasteiger partial charge in [-0.25, -0.2) is 0 Å². The molecule has 1 nitrogen and oxygen atoms in total. The van der Waals surface area contributed by atoms with Crippen molar-refractivity contribution in [3.63, 3.8) is 0 Å². The summed E-state index contributed by atoms with van der Waals surface area (Å²) < 4.78 is 0. The number of benzene rings is 3. The van der Waals surface area contributed by atoms with Crippen LogP contribution in [-0.4, -0.2) is 12.8 Å². The first-order valence-corrected chi connectivity index (χ1v) is 10.0. The van der Waals surface area contributed by atoms with Crippen LogP contribution in [0.3, 0.4) is 0 Å². The van der Waals surface area contributed by atoms with Gasteiger partial charge < -0.3 is 0 Å². The van der Waals surface area contributed by atoms with E-state index in [0.717, 1.165) is 11.3 Å². The first kappa shape index (κ1) is 18.5. The van der Waals surface area contributed by atoms with E-state index in [1.807, 2.05) is 0 Å². The zero-order valence-electron chi connectivity index (χ0n) is 17.4. The molecule has 0 radical (unpaired) electrons. The molecule has 0 aliphatic rings. The van der Waals surface area contributed by atoms with Crippen LogP contribution in [0.4, 0.5) is 0 Å². The Morgan fingerprint density at radius 1 is 0.786 bits per heavy atom. The van der Waals surface area contributed by atoms with Gasteiger partial charge in [0.05, 0.1) is 5.69 Å². The number of hydrogen-bond donors (Lipinski definition) is 0. The first-order valence-electron chi connectivity index (χ1n) is 10.0. The second kappa shape index (κ2) is 7.28. The fraction of sp³-hybridized carbons (Fsp3) is 0.192. The van der Waals surface area contributed by atoms with Crippen LogP contribution >= 0.6 is 0 Å². The minimum Gasteiger partial charge on any atom is -0.263 e. The SMILES string of the molecule is Bc1cc2cc(C(C)C)ccc2c(-c2ccc(-c3c(C)cccc3C)cc2)n1. The highest BCUT2D eigenvalue weighted by Crippen LogP contribution is 2.32. The third-order valence-corrected chi connectivity index (χ3v) is 5.58. The minimum absolute atomic E-state index is 0.526. The quantitative estimate of drug-likeness (QED) is 0.434. The van der Waals surface area contributed by atoms with Gasteiger partial charge in [-0.1, -0.05) is 74.5 Å². The van der Waals surface area contributed by atoms with E-state index in [0.29, 0.717) is 5.92 Å². The lowest BCUT2D eigenvalue weighted by atomic mass is 9.92. The summed E-state index contributed by atoms with van der Waals surface area (Å²) in [6.07, 6.45) is 0. The van der Waals surface area contributed by atoms with Crippen LogP contribution in [0.1, 0.15) is 36.5 Å². The highest BCUT2D eigenvalue weighted by atomic mass is 14.7. The van der Waals surface area contributed by atoms with Crippen molar-refractivity contribution in [2.75, 3.05) is 0 Å². The summed E-state index contributed by atoms with van der Waals surface area (Å²) in [5, 5.41) is 2.49. The lowest BCUT2D eigenvalue weighted by molar-refractivity contribution is 0.869. The summed E-state index contributed by atoms with van der Waals surface area (Å²) in [7, 11) is 2.08. The molecule has 0 amide bonds. The fourth-order valence-corrected chi connectivity index (χ4v) is 4.05. The van der Waals surface area contributed by atoms with Crippen LogP contribution in [0, 0.1) is 13.8 Å². The maximum Gasteiger partial charge on any atom is 0.163 e. The Morgan fingerprint density at radius 3 is 2.07 bits per heavy atom. The van der Waals surface area contributed by atoms with Crippen LogP contribution in [0.2, 0.25) is 0 Å². The molecule has 0 fully saturated rings. The predicted octanol–water partition coefficient (Wildman–Crippen LogP) is 5.57. The van der Waals surface area contributed by atoms with Gasteiger partial charge in [-0.05, 0) is 64.6 Å². The normalized spacial score (nSPS) is 11.3. The van der Waals surface area contributed by atoms with Gasteiger partial charge in [-0.3, -0.25) is 4.98 Å². The van der Waals surface area contributed by atoms with Crippen molar-refractivity contribution in [3.05, 3.63) is 83.4 Å². The number of pyridine rings is 1. The zero-order valence-corrected chi connectivity index (χ0v) is 17.4. The molecular weight excluding hydrogens is 337 g/mol. The molecule has 4 aromatic rings. The van der Waals surface area contributed by atoms with Gasteiger partial charge >= 0.3 is 0 Å². The average Bonchev–Trinajstić information content (AvgIpc) is 2.67. The Bertz CT molecular complexity index is 1140. The molecule has 138 valence electrons. The summed E-state index contributed by atoms with van der Waals surface area (Å²) in [6.45, 7) is 8.83. The molecule has 0 saturated heterocycles. The number of aromatic nitrogens is 1. The van der Waals surface area contributed by atoms with Crippen LogP contribution in [-0.2, 0) is 0 Å². The number of hydrogen-bond acceptors (Lipinski definition) is 1. The van der Waals surface area contributed by atoms with Crippen molar-refractivity contribution in [1.29, 1.82) is 0 Å². The standard InChI is InChI=1S/C26H26BN/c1-16(2)21-12-13-23-22(14-21)15-24(27)28-26(23)20-10-8-19(9-11-20)25-17(3)6-5-7-18(25)4/h5-16H,27H2,1-4H3. The predicted molar refractivity (Wildman–Crippen MR) is 124 cm³/mol. The molecular formula is C26H26BN. The average molecular weight is 363 g/mol. The van der Waals surface area contributed by atoms with Gasteiger partial charge in [0, 0.05) is 10.9 Å².